The molecule has 3 rings (SSSR count). The van der Waals surface area contributed by atoms with E-state index < -0.39 is 6.03 Å². The first-order chi connectivity index (χ1) is 11.5. The third-order valence-electron chi connectivity index (χ3n) is 3.71. The monoisotopic (exact) mass is 366 g/mol. The van der Waals surface area contributed by atoms with Crippen LogP contribution in [0.5, 0.6) is 0 Å². The van der Waals surface area contributed by atoms with Gasteiger partial charge in [-0.1, -0.05) is 23.2 Å². The molecule has 0 saturated heterocycles. The summed E-state index contributed by atoms with van der Waals surface area (Å²) in [5, 5.41) is 6.14. The summed E-state index contributed by atoms with van der Waals surface area (Å²) in [6, 6.07) is 5.97. The zero-order valence-corrected chi connectivity index (χ0v) is 14.3. The van der Waals surface area contributed by atoms with E-state index in [0.717, 1.165) is 18.5 Å². The quantitative estimate of drug-likeness (QED) is 0.852. The van der Waals surface area contributed by atoms with Crippen molar-refractivity contribution in [2.75, 3.05) is 11.9 Å². The number of carbonyl (C=O) groups is 1. The molecule has 24 heavy (non-hydrogen) atoms. The van der Waals surface area contributed by atoms with Crippen LogP contribution in [0.25, 0.3) is 0 Å². The van der Waals surface area contributed by atoms with Crippen molar-refractivity contribution >= 4 is 34.9 Å². The second kappa shape index (κ2) is 7.23. The smallest absolute Gasteiger partial charge is 0.319 e. The first kappa shape index (κ1) is 16.8. The third kappa shape index (κ3) is 4.27. The lowest BCUT2D eigenvalue weighted by Crippen LogP contribution is -2.33. The van der Waals surface area contributed by atoms with Crippen LogP contribution < -0.4 is 16.2 Å². The number of nitrogens with one attached hydrogen (secondary N) is 2. The molecule has 0 unspecified atom stereocenters. The molecule has 126 valence electrons. The summed E-state index contributed by atoms with van der Waals surface area (Å²) in [4.78, 5) is 28.1. The van der Waals surface area contributed by atoms with Crippen LogP contribution in [0.2, 0.25) is 10.0 Å². The lowest BCUT2D eigenvalue weighted by molar-refractivity contribution is 0.251. The maximum atomic E-state index is 12.0. The van der Waals surface area contributed by atoms with E-state index in [9.17, 15) is 9.59 Å². The number of anilines is 1. The van der Waals surface area contributed by atoms with Crippen molar-refractivity contribution in [2.45, 2.75) is 25.3 Å². The first-order valence-corrected chi connectivity index (χ1v) is 8.35. The van der Waals surface area contributed by atoms with Crippen molar-refractivity contribution in [1.29, 1.82) is 0 Å². The Hall–Kier alpha value is -2.05. The van der Waals surface area contributed by atoms with Crippen molar-refractivity contribution in [3.05, 3.63) is 56.7 Å². The Labute approximate surface area is 148 Å². The highest BCUT2D eigenvalue weighted by molar-refractivity contribution is 6.36. The standard InChI is InChI=1S/C16H16Cl2N4O2/c17-11-3-4-13(12(18)7-11)21-16(24)19-5-6-22-9-20-14(8-15(22)23)10-1-2-10/h3-4,7-10H,1-2,5-6H2,(H2,19,21,24). The maximum Gasteiger partial charge on any atom is 0.319 e. The van der Waals surface area contributed by atoms with Crippen LogP contribution in [0.3, 0.4) is 0 Å². The number of hydrogen-bond donors (Lipinski definition) is 2. The molecule has 1 aliphatic carbocycles. The van der Waals surface area contributed by atoms with Crippen molar-refractivity contribution in [3.8, 4) is 0 Å². The Kier molecular flexibility index (Phi) is 5.06. The van der Waals surface area contributed by atoms with Gasteiger partial charge < -0.3 is 10.6 Å². The number of amides is 2. The Morgan fingerprint density at radius 3 is 2.75 bits per heavy atom. The molecule has 2 N–H and O–H groups in total. The fourth-order valence-electron chi connectivity index (χ4n) is 2.26. The average Bonchev–Trinajstić information content (AvgIpc) is 3.36. The highest BCUT2D eigenvalue weighted by Crippen LogP contribution is 2.38. The fourth-order valence-corrected chi connectivity index (χ4v) is 2.71. The van der Waals surface area contributed by atoms with Gasteiger partial charge in [0, 0.05) is 30.1 Å². The van der Waals surface area contributed by atoms with Crippen molar-refractivity contribution in [2.24, 2.45) is 0 Å². The number of hydrogen-bond acceptors (Lipinski definition) is 3. The number of halogens is 2. The lowest BCUT2D eigenvalue weighted by Gasteiger charge is -2.10. The number of urea groups is 1. The van der Waals surface area contributed by atoms with Crippen LogP contribution in [-0.4, -0.2) is 22.1 Å². The number of aromatic nitrogens is 2. The molecule has 1 aliphatic rings. The average molecular weight is 367 g/mol. The molecular formula is C16H16Cl2N4O2. The summed E-state index contributed by atoms with van der Waals surface area (Å²) in [6.07, 6.45) is 3.74. The van der Waals surface area contributed by atoms with Crippen LogP contribution in [0, 0.1) is 0 Å². The minimum absolute atomic E-state index is 0.102. The predicted molar refractivity (Wildman–Crippen MR) is 94.0 cm³/mol. The Morgan fingerprint density at radius 2 is 2.08 bits per heavy atom. The van der Waals surface area contributed by atoms with Gasteiger partial charge in [0.05, 0.1) is 22.7 Å². The van der Waals surface area contributed by atoms with Crippen LogP contribution in [0.4, 0.5) is 10.5 Å². The van der Waals surface area contributed by atoms with Gasteiger partial charge in [-0.25, -0.2) is 9.78 Å². The highest BCUT2D eigenvalue weighted by Gasteiger charge is 2.25. The van der Waals surface area contributed by atoms with Crippen molar-refractivity contribution < 1.29 is 4.79 Å². The van der Waals surface area contributed by atoms with Crippen LogP contribution in [0.15, 0.2) is 35.4 Å². The minimum Gasteiger partial charge on any atom is -0.336 e. The molecule has 6 nitrogen and oxygen atoms in total. The molecule has 0 radical (unpaired) electrons. The second-order valence-electron chi connectivity index (χ2n) is 5.62. The molecule has 0 bridgehead atoms. The minimum atomic E-state index is -0.408. The van der Waals surface area contributed by atoms with E-state index in [4.69, 9.17) is 23.2 Å². The number of rotatable bonds is 5. The molecular weight excluding hydrogens is 351 g/mol. The van der Waals surface area contributed by atoms with E-state index in [2.05, 4.69) is 15.6 Å². The summed E-state index contributed by atoms with van der Waals surface area (Å²) in [5.74, 6) is 0.445. The zero-order chi connectivity index (χ0) is 17.1. The van der Waals surface area contributed by atoms with Gasteiger partial charge >= 0.3 is 6.03 Å². The SMILES string of the molecule is O=C(NCCn1cnc(C2CC2)cc1=O)Nc1ccc(Cl)cc1Cl. The Balaban J connectivity index is 1.50. The predicted octanol–water partition coefficient (Wildman–Crippen LogP) is 3.25. The lowest BCUT2D eigenvalue weighted by atomic mass is 10.3. The van der Waals surface area contributed by atoms with E-state index in [1.54, 1.807) is 24.3 Å². The van der Waals surface area contributed by atoms with E-state index >= 15 is 0 Å². The summed E-state index contributed by atoms with van der Waals surface area (Å²) in [5.41, 5.74) is 1.22. The summed E-state index contributed by atoms with van der Waals surface area (Å²) >= 11 is 11.8. The molecule has 8 heteroatoms. The van der Waals surface area contributed by atoms with Crippen LogP contribution >= 0.6 is 23.2 Å². The van der Waals surface area contributed by atoms with Gasteiger partial charge in [-0.05, 0) is 31.0 Å². The third-order valence-corrected chi connectivity index (χ3v) is 4.26. The van der Waals surface area contributed by atoms with Gasteiger partial charge in [0.2, 0.25) is 0 Å². The largest absolute Gasteiger partial charge is 0.336 e. The van der Waals surface area contributed by atoms with E-state index in [1.165, 1.54) is 10.9 Å². The fraction of sp³-hybridized carbons (Fsp3) is 0.312. The van der Waals surface area contributed by atoms with E-state index in [0.29, 0.717) is 34.7 Å². The van der Waals surface area contributed by atoms with Gasteiger partial charge in [0.15, 0.2) is 0 Å². The Morgan fingerprint density at radius 1 is 1.29 bits per heavy atom. The van der Waals surface area contributed by atoms with Gasteiger partial charge in [0.1, 0.15) is 0 Å². The van der Waals surface area contributed by atoms with Gasteiger partial charge in [-0.3, -0.25) is 9.36 Å². The normalized spacial score (nSPS) is 13.6. The molecule has 2 aromatic rings. The Bertz CT molecular complexity index is 818. The van der Waals surface area contributed by atoms with Crippen LogP contribution in [-0.2, 0) is 6.54 Å². The summed E-state index contributed by atoms with van der Waals surface area (Å²) in [7, 11) is 0. The molecule has 1 saturated carbocycles. The first-order valence-electron chi connectivity index (χ1n) is 7.59. The molecule has 1 aromatic carbocycles. The van der Waals surface area contributed by atoms with E-state index in [-0.39, 0.29) is 5.56 Å². The summed E-state index contributed by atoms with van der Waals surface area (Å²) < 4.78 is 1.47. The number of benzene rings is 1. The number of carbonyl (C=O) groups excluding carboxylic acids is 1. The maximum absolute atomic E-state index is 12.0. The van der Waals surface area contributed by atoms with E-state index in [1.807, 2.05) is 0 Å². The molecule has 0 spiro atoms. The molecule has 1 aromatic heterocycles. The van der Waals surface area contributed by atoms with Crippen molar-refractivity contribution in [3.63, 3.8) is 0 Å². The molecule has 1 heterocycles. The molecule has 0 aliphatic heterocycles. The molecule has 1 fully saturated rings. The summed E-state index contributed by atoms with van der Waals surface area (Å²) in [6.45, 7) is 0.639. The van der Waals surface area contributed by atoms with Crippen LogP contribution in [0.1, 0.15) is 24.5 Å². The van der Waals surface area contributed by atoms with Gasteiger partial charge in [-0.15, -0.1) is 0 Å². The highest BCUT2D eigenvalue weighted by atomic mass is 35.5. The number of nitrogens with zero attached hydrogens (tertiary/aromatic N) is 2. The molecule has 2 amide bonds. The topological polar surface area (TPSA) is 76.0 Å². The molecule has 0 atom stereocenters. The van der Waals surface area contributed by atoms with Crippen molar-refractivity contribution in [1.82, 2.24) is 14.9 Å². The van der Waals surface area contributed by atoms with Gasteiger partial charge in [-0.2, -0.15) is 0 Å². The van der Waals surface area contributed by atoms with Gasteiger partial charge in [0.25, 0.3) is 5.56 Å². The zero-order valence-electron chi connectivity index (χ0n) is 12.8. The second-order valence-corrected chi connectivity index (χ2v) is 6.47.